The monoisotopic (exact) mass is 336 g/mol. The number of nitrogens with zero attached hydrogens (tertiary/aromatic N) is 4. The first kappa shape index (κ1) is 16.4. The van der Waals surface area contributed by atoms with E-state index in [9.17, 15) is 0 Å². The van der Waals surface area contributed by atoms with Gasteiger partial charge in [-0.15, -0.1) is 0 Å². The zero-order valence-electron chi connectivity index (χ0n) is 15.2. The molecular formula is C21H28N4. The Morgan fingerprint density at radius 2 is 1.64 bits per heavy atom. The van der Waals surface area contributed by atoms with Crippen LogP contribution >= 0.6 is 0 Å². The van der Waals surface area contributed by atoms with Gasteiger partial charge in [0.15, 0.2) is 5.82 Å². The molecule has 0 bridgehead atoms. The minimum atomic E-state index is 0.610. The maximum Gasteiger partial charge on any atom is 0.163 e. The van der Waals surface area contributed by atoms with Crippen LogP contribution in [0.2, 0.25) is 0 Å². The summed E-state index contributed by atoms with van der Waals surface area (Å²) in [7, 11) is 0. The van der Waals surface area contributed by atoms with Crippen LogP contribution in [0.3, 0.4) is 0 Å². The van der Waals surface area contributed by atoms with Gasteiger partial charge in [-0.2, -0.15) is 0 Å². The van der Waals surface area contributed by atoms with Crippen molar-refractivity contribution in [3.05, 3.63) is 36.4 Å². The number of hydrogen-bond donors (Lipinski definition) is 0. The normalized spacial score (nSPS) is 20.9. The van der Waals surface area contributed by atoms with E-state index in [4.69, 9.17) is 9.97 Å². The third-order valence-electron chi connectivity index (χ3n) is 5.55. The van der Waals surface area contributed by atoms with Crippen molar-refractivity contribution in [1.29, 1.82) is 0 Å². The standard InChI is InChI=1S/C21H28N4/c1-2-18-12-6-7-15-25(18)20-16-19(24-13-8-9-14-24)22-21(23-20)17-10-4-3-5-11-17/h3-5,10-11,16,18H,2,6-9,12-15H2,1H3. The molecule has 1 aromatic carbocycles. The minimum Gasteiger partial charge on any atom is -0.356 e. The lowest BCUT2D eigenvalue weighted by molar-refractivity contribution is 0.447. The van der Waals surface area contributed by atoms with Gasteiger partial charge >= 0.3 is 0 Å². The first-order valence-corrected chi connectivity index (χ1v) is 9.81. The first-order valence-electron chi connectivity index (χ1n) is 9.81. The van der Waals surface area contributed by atoms with E-state index in [1.165, 1.54) is 38.5 Å². The van der Waals surface area contributed by atoms with Crippen molar-refractivity contribution >= 4 is 11.6 Å². The van der Waals surface area contributed by atoms with E-state index in [0.717, 1.165) is 42.7 Å². The third-order valence-corrected chi connectivity index (χ3v) is 5.55. The second-order valence-corrected chi connectivity index (χ2v) is 7.22. The largest absolute Gasteiger partial charge is 0.356 e. The highest BCUT2D eigenvalue weighted by atomic mass is 15.3. The van der Waals surface area contributed by atoms with Crippen molar-refractivity contribution in [1.82, 2.24) is 9.97 Å². The van der Waals surface area contributed by atoms with E-state index in [1.807, 2.05) is 6.07 Å². The highest BCUT2D eigenvalue weighted by molar-refractivity contribution is 5.62. The molecule has 0 saturated carbocycles. The summed E-state index contributed by atoms with van der Waals surface area (Å²) in [5, 5.41) is 0. The summed E-state index contributed by atoms with van der Waals surface area (Å²) in [6, 6.07) is 13.2. The Bertz CT molecular complexity index is 694. The van der Waals surface area contributed by atoms with Gasteiger partial charge in [0.2, 0.25) is 0 Å². The molecule has 1 atom stereocenters. The number of rotatable bonds is 4. The highest BCUT2D eigenvalue weighted by Crippen LogP contribution is 2.30. The summed E-state index contributed by atoms with van der Waals surface area (Å²) >= 11 is 0. The van der Waals surface area contributed by atoms with Crippen molar-refractivity contribution in [2.24, 2.45) is 0 Å². The summed E-state index contributed by atoms with van der Waals surface area (Å²) < 4.78 is 0. The summed E-state index contributed by atoms with van der Waals surface area (Å²) in [6.07, 6.45) is 7.59. The first-order chi connectivity index (χ1) is 12.3. The maximum absolute atomic E-state index is 4.99. The van der Waals surface area contributed by atoms with Crippen molar-refractivity contribution in [2.45, 2.75) is 51.5 Å². The minimum absolute atomic E-state index is 0.610. The SMILES string of the molecule is CCC1CCCCN1c1cc(N2CCCC2)nc(-c2ccccc2)n1. The highest BCUT2D eigenvalue weighted by Gasteiger charge is 2.24. The molecule has 3 heterocycles. The van der Waals surface area contributed by atoms with E-state index in [-0.39, 0.29) is 0 Å². The molecule has 4 nitrogen and oxygen atoms in total. The number of aromatic nitrogens is 2. The van der Waals surface area contributed by atoms with Crippen LogP contribution in [0.25, 0.3) is 11.4 Å². The Morgan fingerprint density at radius 1 is 0.920 bits per heavy atom. The zero-order valence-corrected chi connectivity index (χ0v) is 15.2. The Kier molecular flexibility index (Phi) is 4.86. The van der Waals surface area contributed by atoms with Crippen LogP contribution < -0.4 is 9.80 Å². The molecule has 132 valence electrons. The predicted octanol–water partition coefficient (Wildman–Crippen LogP) is 4.51. The van der Waals surface area contributed by atoms with Crippen molar-refractivity contribution < 1.29 is 0 Å². The van der Waals surface area contributed by atoms with E-state index in [1.54, 1.807) is 0 Å². The van der Waals surface area contributed by atoms with Gasteiger partial charge in [-0.05, 0) is 38.5 Å². The average Bonchev–Trinajstić information content (AvgIpc) is 3.23. The average molecular weight is 336 g/mol. The number of piperidine rings is 1. The lowest BCUT2D eigenvalue weighted by Crippen LogP contribution is -2.40. The van der Waals surface area contributed by atoms with Crippen molar-refractivity contribution in [3.63, 3.8) is 0 Å². The quantitative estimate of drug-likeness (QED) is 0.822. The molecule has 0 aliphatic carbocycles. The van der Waals surface area contributed by atoms with Crippen LogP contribution in [0, 0.1) is 0 Å². The molecule has 0 spiro atoms. The molecule has 1 unspecified atom stereocenters. The van der Waals surface area contributed by atoms with Gasteiger partial charge in [0.1, 0.15) is 11.6 Å². The topological polar surface area (TPSA) is 32.3 Å². The fraction of sp³-hybridized carbons (Fsp3) is 0.524. The van der Waals surface area contributed by atoms with Crippen LogP contribution in [-0.2, 0) is 0 Å². The summed E-state index contributed by atoms with van der Waals surface area (Å²) in [5.41, 5.74) is 1.11. The zero-order chi connectivity index (χ0) is 17.1. The predicted molar refractivity (Wildman–Crippen MR) is 104 cm³/mol. The molecule has 2 fully saturated rings. The van der Waals surface area contributed by atoms with Gasteiger partial charge in [-0.3, -0.25) is 0 Å². The van der Waals surface area contributed by atoms with E-state index < -0.39 is 0 Å². The van der Waals surface area contributed by atoms with Gasteiger partial charge in [-0.1, -0.05) is 37.3 Å². The van der Waals surface area contributed by atoms with Gasteiger partial charge < -0.3 is 9.80 Å². The molecule has 2 aromatic rings. The molecule has 2 saturated heterocycles. The lowest BCUT2D eigenvalue weighted by Gasteiger charge is -2.36. The molecule has 2 aliphatic heterocycles. The fourth-order valence-corrected chi connectivity index (χ4v) is 4.12. The summed E-state index contributed by atoms with van der Waals surface area (Å²) in [4.78, 5) is 14.8. The molecule has 4 rings (SSSR count). The fourth-order valence-electron chi connectivity index (χ4n) is 4.12. The molecule has 0 N–H and O–H groups in total. The Balaban J connectivity index is 1.75. The Morgan fingerprint density at radius 3 is 2.40 bits per heavy atom. The Hall–Kier alpha value is -2.10. The molecule has 1 aromatic heterocycles. The molecule has 0 amide bonds. The summed E-state index contributed by atoms with van der Waals surface area (Å²) in [6.45, 7) is 5.64. The lowest BCUT2D eigenvalue weighted by atomic mass is 10.00. The van der Waals surface area contributed by atoms with E-state index in [0.29, 0.717) is 6.04 Å². The van der Waals surface area contributed by atoms with Crippen LogP contribution in [0.15, 0.2) is 36.4 Å². The molecule has 0 radical (unpaired) electrons. The molecule has 4 heteroatoms. The van der Waals surface area contributed by atoms with E-state index >= 15 is 0 Å². The van der Waals surface area contributed by atoms with Crippen molar-refractivity contribution in [3.8, 4) is 11.4 Å². The number of benzene rings is 1. The van der Waals surface area contributed by atoms with Crippen molar-refractivity contribution in [2.75, 3.05) is 29.4 Å². The maximum atomic E-state index is 4.99. The van der Waals surface area contributed by atoms with Gasteiger partial charge in [-0.25, -0.2) is 9.97 Å². The second-order valence-electron chi connectivity index (χ2n) is 7.22. The number of anilines is 2. The Labute approximate surface area is 150 Å². The van der Waals surface area contributed by atoms with Gasteiger partial charge in [0.25, 0.3) is 0 Å². The van der Waals surface area contributed by atoms with Crippen LogP contribution in [-0.4, -0.2) is 35.6 Å². The van der Waals surface area contributed by atoms with Gasteiger partial charge in [0, 0.05) is 37.3 Å². The number of hydrogen-bond acceptors (Lipinski definition) is 4. The molecule has 2 aliphatic rings. The van der Waals surface area contributed by atoms with Gasteiger partial charge in [0.05, 0.1) is 0 Å². The van der Waals surface area contributed by atoms with Crippen LogP contribution in [0.4, 0.5) is 11.6 Å². The second kappa shape index (κ2) is 7.42. The smallest absolute Gasteiger partial charge is 0.163 e. The van der Waals surface area contributed by atoms with Crippen LogP contribution in [0.5, 0.6) is 0 Å². The van der Waals surface area contributed by atoms with Crippen LogP contribution in [0.1, 0.15) is 45.4 Å². The molecular weight excluding hydrogens is 308 g/mol. The molecule has 25 heavy (non-hydrogen) atoms. The summed E-state index contributed by atoms with van der Waals surface area (Å²) in [5.74, 6) is 3.07. The van der Waals surface area contributed by atoms with E-state index in [2.05, 4.69) is 47.1 Å². The third kappa shape index (κ3) is 3.48.